The molecule has 1 aromatic heterocycles. The minimum absolute atomic E-state index is 0.262. The number of hydrogen-bond donors (Lipinski definition) is 2. The molecule has 0 radical (unpaired) electrons. The van der Waals surface area contributed by atoms with E-state index in [4.69, 9.17) is 5.73 Å². The van der Waals surface area contributed by atoms with Gasteiger partial charge >= 0.3 is 0 Å². The van der Waals surface area contributed by atoms with Crippen LogP contribution in [0.4, 0.5) is 0 Å². The highest BCUT2D eigenvalue weighted by Gasteiger charge is 2.14. The van der Waals surface area contributed by atoms with Crippen LogP contribution in [0, 0.1) is 6.92 Å². The number of pyridine rings is 1. The zero-order valence-electron chi connectivity index (χ0n) is 11.9. The molecule has 0 atom stereocenters. The standard InChI is InChI=1S/C15H19N3O2S/c1-12-10-15(6-5-13(12)11-16)21(19,20)18-9-7-14-4-2-3-8-17-14/h2-6,8,10,18H,7,9,11,16H2,1H3. The molecule has 0 unspecified atom stereocenters. The first-order valence-corrected chi connectivity index (χ1v) is 8.20. The van der Waals surface area contributed by atoms with Crippen LogP contribution >= 0.6 is 0 Å². The fourth-order valence-corrected chi connectivity index (χ4v) is 3.12. The fourth-order valence-electron chi connectivity index (χ4n) is 2.01. The van der Waals surface area contributed by atoms with Gasteiger partial charge in [-0.25, -0.2) is 13.1 Å². The molecule has 2 aromatic rings. The van der Waals surface area contributed by atoms with E-state index >= 15 is 0 Å². The summed E-state index contributed by atoms with van der Waals surface area (Å²) in [6, 6.07) is 10.6. The molecule has 0 saturated carbocycles. The monoisotopic (exact) mass is 305 g/mol. The molecule has 0 amide bonds. The van der Waals surface area contributed by atoms with Crippen molar-refractivity contribution < 1.29 is 8.42 Å². The summed E-state index contributed by atoms with van der Waals surface area (Å²) in [5, 5.41) is 0. The van der Waals surface area contributed by atoms with Crippen molar-refractivity contribution in [3.8, 4) is 0 Å². The number of sulfonamides is 1. The van der Waals surface area contributed by atoms with E-state index in [2.05, 4.69) is 9.71 Å². The van der Waals surface area contributed by atoms with Gasteiger partial charge < -0.3 is 5.73 Å². The summed E-state index contributed by atoms with van der Waals surface area (Å²) >= 11 is 0. The molecule has 5 nitrogen and oxygen atoms in total. The van der Waals surface area contributed by atoms with E-state index in [1.807, 2.05) is 25.1 Å². The van der Waals surface area contributed by atoms with Crippen molar-refractivity contribution in [3.63, 3.8) is 0 Å². The second kappa shape index (κ2) is 6.80. The highest BCUT2D eigenvalue weighted by Crippen LogP contribution is 2.15. The molecule has 0 saturated heterocycles. The SMILES string of the molecule is Cc1cc(S(=O)(=O)NCCc2ccccn2)ccc1CN. The molecule has 1 aromatic carbocycles. The fraction of sp³-hybridized carbons (Fsp3) is 0.267. The lowest BCUT2D eigenvalue weighted by Crippen LogP contribution is -2.26. The van der Waals surface area contributed by atoms with Gasteiger partial charge in [0.05, 0.1) is 4.90 Å². The molecule has 0 aliphatic heterocycles. The smallest absolute Gasteiger partial charge is 0.240 e. The Hall–Kier alpha value is -1.76. The lowest BCUT2D eigenvalue weighted by atomic mass is 10.1. The van der Waals surface area contributed by atoms with E-state index in [1.54, 1.807) is 24.4 Å². The zero-order valence-corrected chi connectivity index (χ0v) is 12.7. The van der Waals surface area contributed by atoms with Crippen molar-refractivity contribution in [1.29, 1.82) is 0 Å². The predicted molar refractivity (Wildman–Crippen MR) is 82.2 cm³/mol. The van der Waals surface area contributed by atoms with Crippen LogP contribution in [0.1, 0.15) is 16.8 Å². The number of nitrogens with two attached hydrogens (primary N) is 1. The van der Waals surface area contributed by atoms with Crippen LogP contribution in [0.3, 0.4) is 0 Å². The summed E-state index contributed by atoms with van der Waals surface area (Å²) in [7, 11) is -3.50. The normalized spacial score (nSPS) is 11.5. The van der Waals surface area contributed by atoms with Crippen molar-refractivity contribution in [2.24, 2.45) is 5.73 Å². The van der Waals surface area contributed by atoms with Crippen LogP contribution < -0.4 is 10.5 Å². The summed E-state index contributed by atoms with van der Waals surface area (Å²) in [5.41, 5.74) is 8.27. The van der Waals surface area contributed by atoms with Crippen molar-refractivity contribution in [2.75, 3.05) is 6.54 Å². The van der Waals surface area contributed by atoms with Crippen LogP contribution in [0.2, 0.25) is 0 Å². The molecule has 112 valence electrons. The first-order valence-electron chi connectivity index (χ1n) is 6.72. The zero-order chi connectivity index (χ0) is 15.3. The maximum absolute atomic E-state index is 12.2. The van der Waals surface area contributed by atoms with Crippen LogP contribution in [-0.2, 0) is 23.0 Å². The Morgan fingerprint density at radius 2 is 2.05 bits per heavy atom. The van der Waals surface area contributed by atoms with E-state index in [-0.39, 0.29) is 4.90 Å². The number of aryl methyl sites for hydroxylation is 1. The Morgan fingerprint density at radius 3 is 2.67 bits per heavy atom. The number of aromatic nitrogens is 1. The Balaban J connectivity index is 2.03. The highest BCUT2D eigenvalue weighted by atomic mass is 32.2. The van der Waals surface area contributed by atoms with E-state index in [1.165, 1.54) is 0 Å². The average molecular weight is 305 g/mol. The highest BCUT2D eigenvalue weighted by molar-refractivity contribution is 7.89. The lowest BCUT2D eigenvalue weighted by molar-refractivity contribution is 0.581. The van der Waals surface area contributed by atoms with Gasteiger partial charge in [0.1, 0.15) is 0 Å². The van der Waals surface area contributed by atoms with Gasteiger partial charge in [-0.1, -0.05) is 12.1 Å². The van der Waals surface area contributed by atoms with Gasteiger partial charge in [-0.2, -0.15) is 0 Å². The second-order valence-corrected chi connectivity index (χ2v) is 6.53. The van der Waals surface area contributed by atoms with Gasteiger partial charge in [0.15, 0.2) is 0 Å². The molecule has 0 spiro atoms. The number of benzene rings is 1. The van der Waals surface area contributed by atoms with Crippen LogP contribution in [0.25, 0.3) is 0 Å². The Bertz CT molecular complexity index is 700. The molecule has 3 N–H and O–H groups in total. The predicted octanol–water partition coefficient (Wildman–Crippen LogP) is 1.37. The van der Waals surface area contributed by atoms with Gasteiger partial charge in [0.25, 0.3) is 0 Å². The molecule has 0 bridgehead atoms. The Kier molecular flexibility index (Phi) is 5.06. The first-order chi connectivity index (χ1) is 10.0. The van der Waals surface area contributed by atoms with Gasteiger partial charge in [-0.15, -0.1) is 0 Å². The van der Waals surface area contributed by atoms with Gasteiger partial charge in [-0.3, -0.25) is 4.98 Å². The molecule has 2 rings (SSSR count). The van der Waals surface area contributed by atoms with E-state index in [9.17, 15) is 8.42 Å². The molecule has 0 aliphatic carbocycles. The quantitative estimate of drug-likeness (QED) is 0.844. The summed E-state index contributed by atoms with van der Waals surface area (Å²) in [6.45, 7) is 2.57. The minimum atomic E-state index is -3.50. The van der Waals surface area contributed by atoms with Gasteiger partial charge in [-0.05, 0) is 42.3 Å². The van der Waals surface area contributed by atoms with Crippen LogP contribution in [0.15, 0.2) is 47.5 Å². The number of hydrogen-bond acceptors (Lipinski definition) is 4. The van der Waals surface area contributed by atoms with Crippen LogP contribution in [-0.4, -0.2) is 19.9 Å². The topological polar surface area (TPSA) is 85.1 Å². The van der Waals surface area contributed by atoms with Crippen molar-refractivity contribution in [3.05, 3.63) is 59.4 Å². The summed E-state index contributed by atoms with van der Waals surface area (Å²) in [4.78, 5) is 4.42. The lowest BCUT2D eigenvalue weighted by Gasteiger charge is -2.09. The molecule has 0 aliphatic rings. The Morgan fingerprint density at radius 1 is 1.24 bits per heavy atom. The van der Waals surface area contributed by atoms with E-state index < -0.39 is 10.0 Å². The van der Waals surface area contributed by atoms with Crippen LogP contribution in [0.5, 0.6) is 0 Å². The minimum Gasteiger partial charge on any atom is -0.326 e. The first kappa shape index (κ1) is 15.6. The molecule has 6 heteroatoms. The average Bonchev–Trinajstić information content (AvgIpc) is 2.48. The third kappa shape index (κ3) is 4.10. The van der Waals surface area contributed by atoms with E-state index in [0.717, 1.165) is 16.8 Å². The number of nitrogens with one attached hydrogen (secondary N) is 1. The summed E-state index contributed by atoms with van der Waals surface area (Å²) in [6.07, 6.45) is 2.25. The molecule has 0 fully saturated rings. The maximum atomic E-state index is 12.2. The maximum Gasteiger partial charge on any atom is 0.240 e. The molecular weight excluding hydrogens is 286 g/mol. The largest absolute Gasteiger partial charge is 0.326 e. The Labute approximate surface area is 125 Å². The van der Waals surface area contributed by atoms with Gasteiger partial charge in [0.2, 0.25) is 10.0 Å². The van der Waals surface area contributed by atoms with E-state index in [0.29, 0.717) is 19.5 Å². The van der Waals surface area contributed by atoms with Crippen molar-refractivity contribution in [2.45, 2.75) is 24.8 Å². The molecular formula is C15H19N3O2S. The third-order valence-corrected chi connectivity index (χ3v) is 4.70. The number of rotatable bonds is 6. The van der Waals surface area contributed by atoms with Crippen molar-refractivity contribution in [1.82, 2.24) is 9.71 Å². The summed E-state index contributed by atoms with van der Waals surface area (Å²) in [5.74, 6) is 0. The number of nitrogens with zero attached hydrogens (tertiary/aromatic N) is 1. The van der Waals surface area contributed by atoms with Gasteiger partial charge in [0, 0.05) is 31.4 Å². The van der Waals surface area contributed by atoms with Crippen molar-refractivity contribution >= 4 is 10.0 Å². The second-order valence-electron chi connectivity index (χ2n) is 4.76. The summed E-state index contributed by atoms with van der Waals surface area (Å²) < 4.78 is 27.0. The molecule has 1 heterocycles. The molecule has 21 heavy (non-hydrogen) atoms. The third-order valence-electron chi connectivity index (χ3n) is 3.24.